The Bertz CT molecular complexity index is 6560. The molecule has 0 radical (unpaired) electrons. The Labute approximate surface area is 761 Å². The number of benzene rings is 4. The van der Waals surface area contributed by atoms with E-state index in [0.717, 1.165) is 169 Å². The number of likely N-dealkylation sites (N-methyl/N-ethyl adjacent to an activating group) is 2. The van der Waals surface area contributed by atoms with E-state index in [1.165, 1.54) is 15.5 Å². The van der Waals surface area contributed by atoms with Crippen LogP contribution < -0.4 is 38.5 Å². The number of piperidine rings is 1. The lowest BCUT2D eigenvalue weighted by Gasteiger charge is -2.39. The van der Waals surface area contributed by atoms with Crippen LogP contribution in [0, 0.1) is 0 Å². The minimum Gasteiger partial charge on any atom is -0.395 e. The van der Waals surface area contributed by atoms with E-state index in [-0.39, 0.29) is 64.5 Å². The summed E-state index contributed by atoms with van der Waals surface area (Å²) in [5.41, 5.74) is 35.4. The molecule has 38 nitrogen and oxygen atoms in total. The van der Waals surface area contributed by atoms with Crippen LogP contribution in [0.5, 0.6) is 0 Å². The molecule has 4 aliphatic carbocycles. The van der Waals surface area contributed by atoms with Crippen LogP contribution in [0.1, 0.15) is 154 Å². The van der Waals surface area contributed by atoms with Crippen LogP contribution in [0.4, 0.5) is 35.4 Å². The van der Waals surface area contributed by atoms with Gasteiger partial charge in [0.05, 0.1) is 50.6 Å². The number of amides is 1. The highest BCUT2D eigenvalue weighted by atomic mass is 32.1. The highest BCUT2D eigenvalue weighted by molar-refractivity contribution is 7.10. The first-order chi connectivity index (χ1) is 64.1. The third kappa shape index (κ3) is 18.9. The monoisotopic (exact) mass is 1790 g/mol. The molecule has 132 heavy (non-hydrogen) atoms. The molecule has 12 aromatic heterocycles. The quantitative estimate of drug-likeness (QED) is 0.0263. The van der Waals surface area contributed by atoms with Crippen molar-refractivity contribution in [2.45, 2.75) is 137 Å². The molecule has 0 unspecified atom stereocenters. The fraction of sp³-hybridized carbons (Fsp3) is 0.323. The van der Waals surface area contributed by atoms with Gasteiger partial charge in [-0.15, -0.1) is 31.7 Å². The van der Waals surface area contributed by atoms with Gasteiger partial charge in [-0.1, -0.05) is 137 Å². The van der Waals surface area contributed by atoms with Crippen LogP contribution in [-0.4, -0.2) is 196 Å². The summed E-state index contributed by atoms with van der Waals surface area (Å²) in [4.78, 5) is 71.5. The largest absolute Gasteiger partial charge is 0.395 e. The molecule has 21 rings (SSSR count). The Morgan fingerprint density at radius 3 is 1.20 bits per heavy atom. The topological polar surface area (TPSA) is 533 Å². The summed E-state index contributed by atoms with van der Waals surface area (Å²) in [7, 11) is 5.26. The number of hydrogen-bond donors (Lipinski definition) is 8. The average Bonchev–Trinajstić information content (AvgIpc) is 1.57. The summed E-state index contributed by atoms with van der Waals surface area (Å²) < 4.78 is 23.9. The number of aromatic nitrogens is 23. The van der Waals surface area contributed by atoms with Crippen molar-refractivity contribution in [2.75, 3.05) is 87.1 Å². The highest BCUT2D eigenvalue weighted by Crippen LogP contribution is 2.54. The van der Waals surface area contributed by atoms with Crippen LogP contribution in [0.25, 0.3) is 90.7 Å². The minimum absolute atomic E-state index is 0.0446. The number of nitrogens with one attached hydrogen (secondary N) is 2. The molecular formula is C93H97N31O7S. The maximum atomic E-state index is 11.9. The molecule has 4 saturated carbocycles. The normalized spacial score (nSPS) is 15.5. The number of nitrogens with two attached hydrogens (primary N) is 4. The van der Waals surface area contributed by atoms with Gasteiger partial charge in [0.25, 0.3) is 23.6 Å². The molecule has 4 aromatic carbocycles. The summed E-state index contributed by atoms with van der Waals surface area (Å²) in [5, 5.41) is 66.9. The van der Waals surface area contributed by atoms with Gasteiger partial charge in [0.15, 0.2) is 40.5 Å². The molecular weight excluding hydrogens is 1700 g/mol. The number of aliphatic hydroxyl groups excluding tert-OH is 1. The molecule has 12 N–H and O–H groups in total. The zero-order valence-electron chi connectivity index (χ0n) is 73.2. The van der Waals surface area contributed by atoms with Crippen LogP contribution in [0.3, 0.4) is 0 Å². The Morgan fingerprint density at radius 1 is 0.470 bits per heavy atom. The zero-order valence-corrected chi connectivity index (χ0v) is 74.1. The maximum absolute atomic E-state index is 11.9. The first-order valence-electron chi connectivity index (χ1n) is 43.5. The molecule has 5 fully saturated rings. The summed E-state index contributed by atoms with van der Waals surface area (Å²) >= 11 is 1.70. The number of hydrogen-bond acceptors (Lipinski definition) is 37. The zero-order chi connectivity index (χ0) is 91.1. The SMILES string of the molecule is CC(C)(O)CNc1ccc(-c2nc(C3(c4ccc(-c5cnc(N)nc5)cc4)CCC3)no2)nn1.CN(C)C(=O)Cn1cc(-c2nc(C3(c4ccc(-c5cnc(N)nc5)cc4)CC3)no2)cn1.CN(CCO)c1ccc(-c2nc(C3(c4ccc(-c5cnc(N)nc5)cc4)CCC3)no2)nn1.Nc1ncc(-c2ccc(C3(c4noc(-c5csc(C6CCNCC6)n5)n4)CCC3)cc2)cn1. The lowest BCUT2D eigenvalue weighted by Crippen LogP contribution is -2.36. The van der Waals surface area contributed by atoms with Crippen molar-refractivity contribution in [3.63, 3.8) is 0 Å². The third-order valence-corrected chi connectivity index (χ3v) is 26.0. The predicted molar refractivity (Wildman–Crippen MR) is 492 cm³/mol. The fourth-order valence-electron chi connectivity index (χ4n) is 16.5. The van der Waals surface area contributed by atoms with Crippen molar-refractivity contribution in [1.29, 1.82) is 0 Å². The van der Waals surface area contributed by atoms with E-state index in [9.17, 15) is 9.90 Å². The lowest BCUT2D eigenvalue weighted by molar-refractivity contribution is -0.129. The van der Waals surface area contributed by atoms with E-state index in [1.54, 1.807) is 124 Å². The minimum atomic E-state index is -0.847. The standard InChI is InChI=1S/C24H26N8O2.C24H25N7OS.C23H24N8O2.C22H22N8O2/c1-23(2,33)14-28-19-9-8-18(30-31-19)20-29-21(32-34-20)24(10-3-11-24)17-6-4-15(5-7-17)16-12-26-22(25)27-13-16;25-23-27-12-17(13-28-23)15-2-4-18(5-3-15)24(8-1-9-24)22-30-20(32-31-22)19-14-33-21(29-19)16-6-10-26-11-7-16;1-31(11-12-32)19-8-7-18(28-29-19)20-27-21(30-33-20)23(9-2-10-23)17-5-3-15(4-6-17)16-13-25-22(24)26-14-16;1-29(2)18(31)13-30-12-16(11-26-30)19-27-20(28-32-19)22(7-8-22)17-5-3-14(4-6-17)15-9-24-21(23)25-10-15/h4-9,12-13,33H,3,10-11,14H2,1-2H3,(H,28,31)(H2,25,26,27);2-5,12-14,16,26H,1,6-11H2,(H2,25,27,28);3-8,13-14,32H,2,9-12H2,1H3,(H2,24,25,26);3-6,9-12H,7-8,13H2,1-2H3,(H2,23,24,25). The van der Waals surface area contributed by atoms with Crippen molar-refractivity contribution < 1.29 is 33.1 Å². The molecule has 1 amide bonds. The Morgan fingerprint density at radius 2 is 0.848 bits per heavy atom. The molecule has 13 heterocycles. The van der Waals surface area contributed by atoms with Crippen LogP contribution in [-0.2, 0) is 33.0 Å². The molecule has 16 aromatic rings. The lowest BCUT2D eigenvalue weighted by atomic mass is 9.64. The van der Waals surface area contributed by atoms with E-state index in [2.05, 4.69) is 197 Å². The van der Waals surface area contributed by atoms with Crippen molar-refractivity contribution in [3.05, 3.63) is 239 Å². The number of anilines is 6. The van der Waals surface area contributed by atoms with Gasteiger partial charge in [-0.05, 0) is 160 Å². The van der Waals surface area contributed by atoms with E-state index in [4.69, 9.17) is 56.1 Å². The van der Waals surface area contributed by atoms with Crippen LogP contribution in [0.2, 0.25) is 0 Å². The van der Waals surface area contributed by atoms with Crippen LogP contribution in [0.15, 0.2) is 207 Å². The Kier molecular flexibility index (Phi) is 24.9. The number of aliphatic hydroxyl groups is 2. The molecule has 1 aliphatic heterocycles. The summed E-state index contributed by atoms with van der Waals surface area (Å²) in [6.45, 7) is 6.58. The number of carbonyl (C=O) groups is 1. The fourth-order valence-corrected chi connectivity index (χ4v) is 17.5. The molecule has 0 spiro atoms. The van der Waals surface area contributed by atoms with Crippen molar-refractivity contribution in [2.24, 2.45) is 0 Å². The Balaban J connectivity index is 0.000000118. The van der Waals surface area contributed by atoms with Gasteiger partial charge >= 0.3 is 0 Å². The predicted octanol–water partition coefficient (Wildman–Crippen LogP) is 12.0. The second-order valence-electron chi connectivity index (χ2n) is 34.4. The Hall–Kier alpha value is -15.1. The van der Waals surface area contributed by atoms with E-state index in [0.29, 0.717) is 88.6 Å². The van der Waals surface area contributed by atoms with Crippen molar-refractivity contribution in [1.82, 2.24) is 126 Å². The smallest absolute Gasteiger partial charge is 0.278 e. The number of carbonyl (C=O) groups excluding carboxylic acids is 1. The number of nitrogen functional groups attached to an aromatic ring is 4. The summed E-state index contributed by atoms with van der Waals surface area (Å²) in [6.07, 6.45) is 30.5. The second-order valence-corrected chi connectivity index (χ2v) is 35.3. The molecule has 672 valence electrons. The maximum Gasteiger partial charge on any atom is 0.278 e. The van der Waals surface area contributed by atoms with Gasteiger partial charge in [0.1, 0.15) is 18.1 Å². The van der Waals surface area contributed by atoms with Gasteiger partial charge in [-0.2, -0.15) is 25.0 Å². The van der Waals surface area contributed by atoms with Gasteiger partial charge in [-0.25, -0.2) is 44.9 Å². The van der Waals surface area contributed by atoms with E-state index >= 15 is 0 Å². The van der Waals surface area contributed by atoms with Gasteiger partial charge in [0, 0.05) is 124 Å². The van der Waals surface area contributed by atoms with Crippen LogP contribution >= 0.6 is 11.3 Å². The molecule has 1 saturated heterocycles. The first-order valence-corrected chi connectivity index (χ1v) is 44.4. The number of thiazole rings is 1. The molecule has 39 heteroatoms. The van der Waals surface area contributed by atoms with Gasteiger partial charge in [-0.3, -0.25) is 9.48 Å². The average molecular weight is 1790 g/mol. The second kappa shape index (κ2) is 37.5. The van der Waals surface area contributed by atoms with Gasteiger partial charge < -0.3 is 71.7 Å². The summed E-state index contributed by atoms with van der Waals surface area (Å²) in [5.74, 6) is 7.07. The molecule has 5 aliphatic rings. The summed E-state index contributed by atoms with van der Waals surface area (Å²) in [6, 6.07) is 40.5. The van der Waals surface area contributed by atoms with E-state index < -0.39 is 5.60 Å². The number of nitrogens with zero attached hydrogens (tertiary/aromatic N) is 25. The van der Waals surface area contributed by atoms with Crippen molar-refractivity contribution >= 4 is 52.7 Å². The van der Waals surface area contributed by atoms with Gasteiger partial charge in [0.2, 0.25) is 29.7 Å². The highest BCUT2D eigenvalue weighted by Gasteiger charge is 2.51. The van der Waals surface area contributed by atoms with Crippen molar-refractivity contribution in [3.8, 4) is 90.7 Å². The number of rotatable bonds is 25. The first kappa shape index (κ1) is 87.6. The molecule has 0 atom stereocenters. The van der Waals surface area contributed by atoms with E-state index in [1.807, 2.05) is 35.5 Å². The molecule has 0 bridgehead atoms. The third-order valence-electron chi connectivity index (χ3n) is 24.9.